The van der Waals surface area contributed by atoms with Crippen molar-refractivity contribution in [3.63, 3.8) is 0 Å². The lowest BCUT2D eigenvalue weighted by molar-refractivity contribution is 0.104. The van der Waals surface area contributed by atoms with E-state index in [-0.39, 0.29) is 5.78 Å². The van der Waals surface area contributed by atoms with Crippen LogP contribution >= 0.6 is 0 Å². The molecule has 0 unspecified atom stereocenters. The Kier molecular flexibility index (Phi) is 4.44. The van der Waals surface area contributed by atoms with Gasteiger partial charge in [-0.1, -0.05) is 0 Å². The Morgan fingerprint density at radius 3 is 2.60 bits per heavy atom. The van der Waals surface area contributed by atoms with E-state index in [1.165, 1.54) is 24.5 Å². The van der Waals surface area contributed by atoms with E-state index < -0.39 is 5.95 Å². The van der Waals surface area contributed by atoms with Crippen LogP contribution in [0.4, 0.5) is 10.1 Å². The van der Waals surface area contributed by atoms with E-state index >= 15 is 0 Å². The highest BCUT2D eigenvalue weighted by Gasteiger charge is 2.02. The number of ketones is 1. The molecule has 1 N–H and O–H groups in total. The molecule has 1 aromatic carbocycles. The second-order valence-electron chi connectivity index (χ2n) is 3.94. The highest BCUT2D eigenvalue weighted by molar-refractivity contribution is 6.04. The highest BCUT2D eigenvalue weighted by atomic mass is 19.1. The predicted molar refractivity (Wildman–Crippen MR) is 74.3 cm³/mol. The standard InChI is InChI=1S/C15H13FN2O2/c1-20-13-5-3-12(4-6-13)17-9-8-14(19)11-2-7-15(16)18-10-11/h2-10,17H,1H3/b9-8+. The number of carbonyl (C=O) groups excluding carboxylic acids is 1. The van der Waals surface area contributed by atoms with Crippen LogP contribution in [0.15, 0.2) is 54.9 Å². The van der Waals surface area contributed by atoms with Crippen LogP contribution in [0.2, 0.25) is 0 Å². The predicted octanol–water partition coefficient (Wildman–Crippen LogP) is 3.04. The maximum absolute atomic E-state index is 12.6. The van der Waals surface area contributed by atoms with Crippen LogP contribution in [-0.2, 0) is 0 Å². The topological polar surface area (TPSA) is 51.2 Å². The van der Waals surface area contributed by atoms with Crippen molar-refractivity contribution in [3.05, 3.63) is 66.4 Å². The fraction of sp³-hybridized carbons (Fsp3) is 0.0667. The quantitative estimate of drug-likeness (QED) is 0.516. The van der Waals surface area contributed by atoms with E-state index in [9.17, 15) is 9.18 Å². The molecule has 1 heterocycles. The van der Waals surface area contributed by atoms with Gasteiger partial charge in [-0.2, -0.15) is 4.39 Å². The zero-order valence-corrected chi connectivity index (χ0v) is 10.8. The minimum absolute atomic E-state index is 0.251. The SMILES string of the molecule is COc1ccc(N/C=C/C(=O)c2ccc(F)nc2)cc1. The number of benzene rings is 1. The summed E-state index contributed by atoms with van der Waals surface area (Å²) in [4.78, 5) is 15.2. The lowest BCUT2D eigenvalue weighted by Gasteiger charge is -2.02. The van der Waals surface area contributed by atoms with Gasteiger partial charge in [0.25, 0.3) is 0 Å². The molecule has 102 valence electrons. The molecule has 5 heteroatoms. The lowest BCUT2D eigenvalue weighted by atomic mass is 10.2. The van der Waals surface area contributed by atoms with Gasteiger partial charge in [0, 0.05) is 29.7 Å². The van der Waals surface area contributed by atoms with Crippen LogP contribution in [0.1, 0.15) is 10.4 Å². The summed E-state index contributed by atoms with van der Waals surface area (Å²) in [6.45, 7) is 0. The Morgan fingerprint density at radius 2 is 2.00 bits per heavy atom. The lowest BCUT2D eigenvalue weighted by Crippen LogP contribution is -1.97. The second kappa shape index (κ2) is 6.47. The molecule has 0 atom stereocenters. The van der Waals surface area contributed by atoms with Crippen molar-refractivity contribution < 1.29 is 13.9 Å². The average Bonchev–Trinajstić information content (AvgIpc) is 2.48. The summed E-state index contributed by atoms with van der Waals surface area (Å²) in [5.41, 5.74) is 1.16. The van der Waals surface area contributed by atoms with Crippen LogP contribution in [0.3, 0.4) is 0 Å². The van der Waals surface area contributed by atoms with Crippen molar-refractivity contribution in [2.75, 3.05) is 12.4 Å². The fourth-order valence-electron chi connectivity index (χ4n) is 1.52. The first-order valence-corrected chi connectivity index (χ1v) is 5.92. The second-order valence-corrected chi connectivity index (χ2v) is 3.94. The number of anilines is 1. The summed E-state index contributed by atoms with van der Waals surface area (Å²) < 4.78 is 17.7. The molecule has 2 rings (SSSR count). The Balaban J connectivity index is 1.95. The van der Waals surface area contributed by atoms with E-state index in [4.69, 9.17) is 4.74 Å². The van der Waals surface area contributed by atoms with Gasteiger partial charge in [-0.25, -0.2) is 4.98 Å². The number of ether oxygens (including phenoxy) is 1. The molecule has 0 aliphatic rings. The zero-order valence-electron chi connectivity index (χ0n) is 10.8. The molecule has 0 fully saturated rings. The zero-order chi connectivity index (χ0) is 14.4. The number of hydrogen-bond acceptors (Lipinski definition) is 4. The molecular weight excluding hydrogens is 259 g/mol. The fourth-order valence-corrected chi connectivity index (χ4v) is 1.52. The van der Waals surface area contributed by atoms with Gasteiger partial charge in [0.15, 0.2) is 5.78 Å². The first kappa shape index (κ1) is 13.7. The number of rotatable bonds is 5. The van der Waals surface area contributed by atoms with E-state index in [0.717, 1.165) is 17.5 Å². The third-order valence-electron chi connectivity index (χ3n) is 2.59. The van der Waals surface area contributed by atoms with Gasteiger partial charge >= 0.3 is 0 Å². The Labute approximate surface area is 115 Å². The third kappa shape index (κ3) is 3.65. The van der Waals surface area contributed by atoms with Gasteiger partial charge in [-0.15, -0.1) is 0 Å². The largest absolute Gasteiger partial charge is 0.497 e. The van der Waals surface area contributed by atoms with Crippen molar-refractivity contribution in [3.8, 4) is 5.75 Å². The summed E-state index contributed by atoms with van der Waals surface area (Å²) in [6.07, 6.45) is 4.09. The van der Waals surface area contributed by atoms with Crippen molar-refractivity contribution >= 4 is 11.5 Å². The Hall–Kier alpha value is -2.69. The number of pyridine rings is 1. The number of carbonyl (C=O) groups is 1. The van der Waals surface area contributed by atoms with E-state index in [1.807, 2.05) is 24.3 Å². The van der Waals surface area contributed by atoms with Crippen molar-refractivity contribution in [2.24, 2.45) is 0 Å². The maximum atomic E-state index is 12.6. The van der Waals surface area contributed by atoms with Crippen molar-refractivity contribution in [1.29, 1.82) is 0 Å². The van der Waals surface area contributed by atoms with Gasteiger partial charge in [0.1, 0.15) is 5.75 Å². The van der Waals surface area contributed by atoms with Gasteiger partial charge in [-0.05, 0) is 36.4 Å². The molecular formula is C15H13FN2O2. The molecule has 20 heavy (non-hydrogen) atoms. The molecule has 1 aromatic heterocycles. The van der Waals surface area contributed by atoms with Crippen LogP contribution in [0.25, 0.3) is 0 Å². The summed E-state index contributed by atoms with van der Waals surface area (Å²) in [5, 5.41) is 2.96. The summed E-state index contributed by atoms with van der Waals surface area (Å²) in [7, 11) is 1.59. The summed E-state index contributed by atoms with van der Waals surface area (Å²) in [5.74, 6) is -0.103. The highest BCUT2D eigenvalue weighted by Crippen LogP contribution is 2.14. The molecule has 0 amide bonds. The maximum Gasteiger partial charge on any atom is 0.212 e. The normalized spacial score (nSPS) is 10.5. The monoisotopic (exact) mass is 272 g/mol. The van der Waals surface area contributed by atoms with Crippen LogP contribution in [-0.4, -0.2) is 17.9 Å². The van der Waals surface area contributed by atoms with E-state index in [2.05, 4.69) is 10.3 Å². The smallest absolute Gasteiger partial charge is 0.212 e. The summed E-state index contributed by atoms with van der Waals surface area (Å²) in [6, 6.07) is 9.81. The Bertz CT molecular complexity index is 607. The van der Waals surface area contributed by atoms with Gasteiger partial charge in [0.2, 0.25) is 5.95 Å². The molecule has 0 bridgehead atoms. The molecule has 0 aliphatic carbocycles. The van der Waals surface area contributed by atoms with E-state index in [1.54, 1.807) is 7.11 Å². The van der Waals surface area contributed by atoms with E-state index in [0.29, 0.717) is 5.56 Å². The molecule has 0 spiro atoms. The van der Waals surface area contributed by atoms with Gasteiger partial charge in [0.05, 0.1) is 7.11 Å². The molecule has 0 saturated carbocycles. The minimum atomic E-state index is -0.609. The molecule has 0 radical (unpaired) electrons. The van der Waals surface area contributed by atoms with Crippen molar-refractivity contribution in [2.45, 2.75) is 0 Å². The first-order chi connectivity index (χ1) is 9.69. The van der Waals surface area contributed by atoms with Gasteiger partial charge < -0.3 is 10.1 Å². The molecule has 2 aromatic rings. The molecule has 4 nitrogen and oxygen atoms in total. The number of nitrogens with one attached hydrogen (secondary N) is 1. The third-order valence-corrected chi connectivity index (χ3v) is 2.59. The number of nitrogens with zero attached hydrogens (tertiary/aromatic N) is 1. The van der Waals surface area contributed by atoms with Crippen LogP contribution in [0.5, 0.6) is 5.75 Å². The first-order valence-electron chi connectivity index (χ1n) is 5.92. The summed E-state index contributed by atoms with van der Waals surface area (Å²) >= 11 is 0. The van der Waals surface area contributed by atoms with Gasteiger partial charge in [-0.3, -0.25) is 4.79 Å². The van der Waals surface area contributed by atoms with Crippen LogP contribution < -0.4 is 10.1 Å². The van der Waals surface area contributed by atoms with Crippen molar-refractivity contribution in [1.82, 2.24) is 4.98 Å². The number of allylic oxidation sites excluding steroid dienone is 1. The number of aromatic nitrogens is 1. The molecule has 0 aliphatic heterocycles. The minimum Gasteiger partial charge on any atom is -0.497 e. The average molecular weight is 272 g/mol. The Morgan fingerprint density at radius 1 is 1.25 bits per heavy atom. The number of halogens is 1. The molecule has 0 saturated heterocycles. The number of methoxy groups -OCH3 is 1. The number of hydrogen-bond donors (Lipinski definition) is 1. The van der Waals surface area contributed by atoms with Crippen LogP contribution in [0, 0.1) is 5.95 Å².